The van der Waals surface area contributed by atoms with Crippen molar-refractivity contribution >= 4 is 17.6 Å². The molecule has 0 aromatic carbocycles. The maximum atomic E-state index is 11.6. The highest BCUT2D eigenvalue weighted by atomic mass is 35.5. The summed E-state index contributed by atoms with van der Waals surface area (Å²) in [5, 5.41) is 4.47. The Morgan fingerprint density at radius 1 is 1.35 bits per heavy atom. The van der Waals surface area contributed by atoms with Crippen molar-refractivity contribution in [2.45, 2.75) is 13.2 Å². The van der Waals surface area contributed by atoms with Crippen LogP contribution < -0.4 is 0 Å². The molecule has 2 rings (SSSR count). The Balaban J connectivity index is 2.23. The van der Waals surface area contributed by atoms with Gasteiger partial charge in [-0.2, -0.15) is 5.10 Å². The number of carbonyl (C=O) groups is 1. The highest BCUT2D eigenvalue weighted by Gasteiger charge is 2.16. The van der Waals surface area contributed by atoms with Gasteiger partial charge < -0.3 is 9.47 Å². The fourth-order valence-electron chi connectivity index (χ4n) is 1.67. The molecule has 0 unspecified atom stereocenters. The summed E-state index contributed by atoms with van der Waals surface area (Å²) in [5.74, 6) is -0.448. The van der Waals surface area contributed by atoms with Crippen LogP contribution in [0.25, 0.3) is 0 Å². The fourth-order valence-corrected chi connectivity index (χ4v) is 1.77. The molecule has 0 saturated carbocycles. The second-order valence-electron chi connectivity index (χ2n) is 3.97. The summed E-state index contributed by atoms with van der Waals surface area (Å²) in [6, 6.07) is 0. The molecule has 0 radical (unpaired) electrons. The van der Waals surface area contributed by atoms with Crippen molar-refractivity contribution in [1.82, 2.24) is 19.7 Å². The van der Waals surface area contributed by atoms with E-state index in [2.05, 4.69) is 15.1 Å². The molecule has 0 bridgehead atoms. The van der Waals surface area contributed by atoms with E-state index in [4.69, 9.17) is 21.1 Å². The van der Waals surface area contributed by atoms with Gasteiger partial charge in [-0.25, -0.2) is 14.8 Å². The molecule has 0 fully saturated rings. The topological polar surface area (TPSA) is 79.1 Å². The summed E-state index contributed by atoms with van der Waals surface area (Å²) in [6.45, 7) is 0.652. The number of ether oxygens (including phenoxy) is 2. The highest BCUT2D eigenvalue weighted by Crippen LogP contribution is 2.11. The molecular formula is C12H13ClN4O3. The van der Waals surface area contributed by atoms with Crippen LogP contribution >= 0.6 is 11.6 Å². The van der Waals surface area contributed by atoms with Crippen molar-refractivity contribution in [2.24, 2.45) is 0 Å². The van der Waals surface area contributed by atoms with E-state index in [0.29, 0.717) is 17.8 Å². The fraction of sp³-hybridized carbons (Fsp3) is 0.333. The van der Waals surface area contributed by atoms with Crippen LogP contribution in [0.3, 0.4) is 0 Å². The second-order valence-corrected chi connectivity index (χ2v) is 4.31. The molecule has 0 spiro atoms. The van der Waals surface area contributed by atoms with E-state index >= 15 is 0 Å². The van der Waals surface area contributed by atoms with Gasteiger partial charge in [-0.05, 0) is 11.6 Å². The normalized spacial score (nSPS) is 10.6. The number of rotatable bonds is 5. The average molecular weight is 297 g/mol. The van der Waals surface area contributed by atoms with Gasteiger partial charge >= 0.3 is 5.97 Å². The maximum absolute atomic E-state index is 11.6. The predicted octanol–water partition coefficient (Wildman–Crippen LogP) is 1.31. The first kappa shape index (κ1) is 14.4. The standard InChI is InChI=1S/C12H13ClN4O3/c1-19-7-10-9(11(18)20-2)6-17(16-10)5-8-3-14-12(13)15-4-8/h3-4,6H,5,7H2,1-2H3. The van der Waals surface area contributed by atoms with Crippen molar-refractivity contribution in [3.05, 3.63) is 40.7 Å². The predicted molar refractivity (Wildman–Crippen MR) is 70.4 cm³/mol. The van der Waals surface area contributed by atoms with Crippen molar-refractivity contribution in [3.63, 3.8) is 0 Å². The van der Waals surface area contributed by atoms with E-state index < -0.39 is 5.97 Å². The van der Waals surface area contributed by atoms with Gasteiger partial charge in [0.2, 0.25) is 5.28 Å². The molecule has 106 valence electrons. The van der Waals surface area contributed by atoms with E-state index in [1.165, 1.54) is 14.2 Å². The molecule has 2 heterocycles. The molecule has 0 N–H and O–H groups in total. The molecule has 0 atom stereocenters. The Morgan fingerprint density at radius 2 is 2.05 bits per heavy atom. The SMILES string of the molecule is COCc1nn(Cc2cnc(Cl)nc2)cc1C(=O)OC. The zero-order valence-corrected chi connectivity index (χ0v) is 11.8. The number of esters is 1. The van der Waals surface area contributed by atoms with E-state index in [1.54, 1.807) is 23.3 Å². The van der Waals surface area contributed by atoms with Crippen LogP contribution in [-0.4, -0.2) is 39.9 Å². The van der Waals surface area contributed by atoms with Gasteiger partial charge in [0.15, 0.2) is 0 Å². The lowest BCUT2D eigenvalue weighted by atomic mass is 10.2. The van der Waals surface area contributed by atoms with Crippen molar-refractivity contribution in [2.75, 3.05) is 14.2 Å². The third-order valence-corrected chi connectivity index (χ3v) is 2.74. The van der Waals surface area contributed by atoms with Crippen LogP contribution in [0.1, 0.15) is 21.6 Å². The largest absolute Gasteiger partial charge is 0.465 e. The van der Waals surface area contributed by atoms with Gasteiger partial charge in [-0.1, -0.05) is 0 Å². The minimum atomic E-state index is -0.448. The Kier molecular flexibility index (Phi) is 4.65. The first-order chi connectivity index (χ1) is 9.63. The van der Waals surface area contributed by atoms with Gasteiger partial charge in [-0.3, -0.25) is 4.68 Å². The number of carbonyl (C=O) groups excluding carboxylic acids is 1. The van der Waals surface area contributed by atoms with Crippen molar-refractivity contribution in [1.29, 1.82) is 0 Å². The van der Waals surface area contributed by atoms with Gasteiger partial charge in [0, 0.05) is 31.3 Å². The first-order valence-electron chi connectivity index (χ1n) is 5.74. The molecule has 0 amide bonds. The number of nitrogens with zero attached hydrogens (tertiary/aromatic N) is 4. The summed E-state index contributed by atoms with van der Waals surface area (Å²) in [4.78, 5) is 19.4. The Bertz CT molecular complexity index is 597. The zero-order valence-electron chi connectivity index (χ0n) is 11.0. The third kappa shape index (κ3) is 3.31. The van der Waals surface area contributed by atoms with Crippen LogP contribution in [0.2, 0.25) is 5.28 Å². The van der Waals surface area contributed by atoms with Gasteiger partial charge in [0.25, 0.3) is 0 Å². The summed E-state index contributed by atoms with van der Waals surface area (Å²) in [7, 11) is 2.86. The molecule has 20 heavy (non-hydrogen) atoms. The molecule has 7 nitrogen and oxygen atoms in total. The van der Waals surface area contributed by atoms with E-state index in [-0.39, 0.29) is 11.9 Å². The van der Waals surface area contributed by atoms with Crippen LogP contribution in [-0.2, 0) is 22.6 Å². The molecule has 0 aliphatic rings. The molecule has 0 aliphatic carbocycles. The highest BCUT2D eigenvalue weighted by molar-refractivity contribution is 6.28. The smallest absolute Gasteiger partial charge is 0.341 e. The number of hydrogen-bond donors (Lipinski definition) is 0. The lowest BCUT2D eigenvalue weighted by molar-refractivity contribution is 0.0595. The second kappa shape index (κ2) is 6.44. The molecule has 0 saturated heterocycles. The summed E-state index contributed by atoms with van der Waals surface area (Å²) >= 11 is 5.62. The van der Waals surface area contributed by atoms with Crippen LogP contribution in [0, 0.1) is 0 Å². The van der Waals surface area contributed by atoms with E-state index in [1.807, 2.05) is 0 Å². The summed E-state index contributed by atoms with van der Waals surface area (Å²) in [5.41, 5.74) is 1.72. The van der Waals surface area contributed by atoms with Crippen LogP contribution in [0.15, 0.2) is 18.6 Å². The van der Waals surface area contributed by atoms with Crippen molar-refractivity contribution < 1.29 is 14.3 Å². The Labute approximate surface area is 120 Å². The number of aromatic nitrogens is 4. The lowest BCUT2D eigenvalue weighted by Crippen LogP contribution is -2.04. The Morgan fingerprint density at radius 3 is 2.65 bits per heavy atom. The maximum Gasteiger partial charge on any atom is 0.341 e. The third-order valence-electron chi connectivity index (χ3n) is 2.54. The molecule has 0 aliphatic heterocycles. The van der Waals surface area contributed by atoms with E-state index in [9.17, 15) is 4.79 Å². The van der Waals surface area contributed by atoms with Crippen molar-refractivity contribution in [3.8, 4) is 0 Å². The van der Waals surface area contributed by atoms with Crippen LogP contribution in [0.5, 0.6) is 0 Å². The van der Waals surface area contributed by atoms with Gasteiger partial charge in [-0.15, -0.1) is 0 Å². The molecular weight excluding hydrogens is 284 g/mol. The van der Waals surface area contributed by atoms with Crippen LogP contribution in [0.4, 0.5) is 0 Å². The molecule has 2 aromatic heterocycles. The molecule has 8 heteroatoms. The number of hydrogen-bond acceptors (Lipinski definition) is 6. The molecule has 2 aromatic rings. The quantitative estimate of drug-likeness (QED) is 0.611. The minimum Gasteiger partial charge on any atom is -0.465 e. The number of halogens is 1. The first-order valence-corrected chi connectivity index (χ1v) is 6.12. The van der Waals surface area contributed by atoms with Gasteiger partial charge in [0.05, 0.1) is 20.3 Å². The Hall–Kier alpha value is -1.99. The number of methoxy groups -OCH3 is 2. The minimum absolute atomic E-state index is 0.185. The van der Waals surface area contributed by atoms with Gasteiger partial charge in [0.1, 0.15) is 11.3 Å². The summed E-state index contributed by atoms with van der Waals surface area (Å²) in [6.07, 6.45) is 4.81. The summed E-state index contributed by atoms with van der Waals surface area (Å²) < 4.78 is 11.3. The van der Waals surface area contributed by atoms with E-state index in [0.717, 1.165) is 5.56 Å². The average Bonchev–Trinajstić information content (AvgIpc) is 2.84. The lowest BCUT2D eigenvalue weighted by Gasteiger charge is -2.00. The zero-order chi connectivity index (χ0) is 14.5. The monoisotopic (exact) mass is 296 g/mol.